The summed E-state index contributed by atoms with van der Waals surface area (Å²) in [5, 5.41) is 9.23. The summed E-state index contributed by atoms with van der Waals surface area (Å²) in [6.07, 6.45) is 4.09. The van der Waals surface area contributed by atoms with Crippen LogP contribution in [-0.2, 0) is 0 Å². The fraction of sp³-hybridized carbons (Fsp3) is 0.429. The Morgan fingerprint density at radius 3 is 2.70 bits per heavy atom. The summed E-state index contributed by atoms with van der Waals surface area (Å²) in [5.41, 5.74) is 5.13. The van der Waals surface area contributed by atoms with Gasteiger partial charge in [-0.2, -0.15) is 0 Å². The molecule has 3 heteroatoms. The van der Waals surface area contributed by atoms with Crippen molar-refractivity contribution in [3.05, 3.63) is 22.4 Å². The van der Waals surface area contributed by atoms with Crippen LogP contribution in [0.3, 0.4) is 0 Å². The molecule has 0 amide bonds. The Bertz CT molecular complexity index is 206. The Kier molecular flexibility index (Phi) is 1.88. The molecule has 0 saturated heterocycles. The van der Waals surface area contributed by atoms with Crippen LogP contribution in [0.5, 0.6) is 0 Å². The van der Waals surface area contributed by atoms with Gasteiger partial charge in [-0.05, 0) is 23.6 Å². The van der Waals surface area contributed by atoms with E-state index in [0.29, 0.717) is 6.42 Å². The van der Waals surface area contributed by atoms with Gasteiger partial charge in [0.15, 0.2) is 0 Å². The standard InChI is InChI=1S/C7H10BrNO/c1-7(9)4-5(8)2-3-6(7)10/h2-3,10H,4,9H2,1H3. The minimum Gasteiger partial charge on any atom is -0.510 e. The molecule has 0 spiro atoms. The highest BCUT2D eigenvalue weighted by Gasteiger charge is 2.26. The van der Waals surface area contributed by atoms with Crippen molar-refractivity contribution in [2.24, 2.45) is 5.73 Å². The molecule has 0 fully saturated rings. The SMILES string of the molecule is CC1(N)CC(Br)=CC=C1O. The molecule has 56 valence electrons. The van der Waals surface area contributed by atoms with E-state index in [0.717, 1.165) is 4.48 Å². The fourth-order valence-corrected chi connectivity index (χ4v) is 1.57. The second-order valence-corrected chi connectivity index (χ2v) is 3.78. The molecule has 1 aliphatic rings. The van der Waals surface area contributed by atoms with Crippen molar-refractivity contribution in [2.75, 3.05) is 0 Å². The Morgan fingerprint density at radius 1 is 1.70 bits per heavy atom. The first-order chi connectivity index (χ1) is 4.52. The van der Waals surface area contributed by atoms with E-state index in [1.54, 1.807) is 13.0 Å². The molecule has 1 atom stereocenters. The summed E-state index contributed by atoms with van der Waals surface area (Å²) >= 11 is 3.32. The van der Waals surface area contributed by atoms with E-state index in [1.807, 2.05) is 6.08 Å². The largest absolute Gasteiger partial charge is 0.510 e. The Morgan fingerprint density at radius 2 is 2.30 bits per heavy atom. The van der Waals surface area contributed by atoms with Crippen LogP contribution in [0.15, 0.2) is 22.4 Å². The first-order valence-electron chi connectivity index (χ1n) is 3.07. The smallest absolute Gasteiger partial charge is 0.112 e. The molecule has 0 bridgehead atoms. The average molecular weight is 204 g/mol. The molecule has 0 aromatic rings. The van der Waals surface area contributed by atoms with Crippen molar-refractivity contribution in [1.82, 2.24) is 0 Å². The molecule has 0 radical (unpaired) electrons. The summed E-state index contributed by atoms with van der Waals surface area (Å²) in [4.78, 5) is 0. The zero-order valence-corrected chi connectivity index (χ0v) is 7.35. The van der Waals surface area contributed by atoms with Crippen LogP contribution in [0.1, 0.15) is 13.3 Å². The molecule has 10 heavy (non-hydrogen) atoms. The summed E-state index contributed by atoms with van der Waals surface area (Å²) in [5.74, 6) is 0.246. The third kappa shape index (κ3) is 1.41. The van der Waals surface area contributed by atoms with E-state index in [9.17, 15) is 5.11 Å². The number of nitrogens with two attached hydrogens (primary N) is 1. The van der Waals surface area contributed by atoms with Crippen LogP contribution in [-0.4, -0.2) is 10.6 Å². The second kappa shape index (κ2) is 2.40. The van der Waals surface area contributed by atoms with Crippen LogP contribution in [0.25, 0.3) is 0 Å². The van der Waals surface area contributed by atoms with Gasteiger partial charge >= 0.3 is 0 Å². The summed E-state index contributed by atoms with van der Waals surface area (Å²) in [7, 11) is 0. The number of allylic oxidation sites excluding steroid dienone is 2. The van der Waals surface area contributed by atoms with Gasteiger partial charge in [0, 0.05) is 6.42 Å². The fourth-order valence-electron chi connectivity index (χ4n) is 0.860. The topological polar surface area (TPSA) is 46.2 Å². The quantitative estimate of drug-likeness (QED) is 0.632. The monoisotopic (exact) mass is 203 g/mol. The molecule has 3 N–H and O–H groups in total. The lowest BCUT2D eigenvalue weighted by molar-refractivity contribution is 0.305. The molecule has 0 aromatic heterocycles. The van der Waals surface area contributed by atoms with E-state index < -0.39 is 5.54 Å². The molecule has 1 rings (SSSR count). The van der Waals surface area contributed by atoms with E-state index in [4.69, 9.17) is 5.73 Å². The summed E-state index contributed by atoms with van der Waals surface area (Å²) in [6.45, 7) is 1.80. The molecular weight excluding hydrogens is 194 g/mol. The van der Waals surface area contributed by atoms with E-state index >= 15 is 0 Å². The van der Waals surface area contributed by atoms with Gasteiger partial charge in [0.1, 0.15) is 5.76 Å². The first kappa shape index (κ1) is 7.82. The van der Waals surface area contributed by atoms with Crippen molar-refractivity contribution in [1.29, 1.82) is 0 Å². The van der Waals surface area contributed by atoms with E-state index in [-0.39, 0.29) is 5.76 Å². The highest BCUT2D eigenvalue weighted by molar-refractivity contribution is 9.11. The van der Waals surface area contributed by atoms with Crippen molar-refractivity contribution >= 4 is 15.9 Å². The van der Waals surface area contributed by atoms with Gasteiger partial charge in [0.25, 0.3) is 0 Å². The van der Waals surface area contributed by atoms with Crippen LogP contribution in [0, 0.1) is 0 Å². The Balaban J connectivity index is 2.89. The molecule has 0 saturated carbocycles. The molecular formula is C7H10BrNO. The third-order valence-corrected chi connectivity index (χ3v) is 2.09. The first-order valence-corrected chi connectivity index (χ1v) is 3.86. The maximum atomic E-state index is 9.23. The molecule has 0 aromatic carbocycles. The highest BCUT2D eigenvalue weighted by Crippen LogP contribution is 2.28. The number of halogens is 1. The maximum absolute atomic E-state index is 9.23. The number of hydrogen-bond donors (Lipinski definition) is 2. The third-order valence-electron chi connectivity index (χ3n) is 1.54. The van der Waals surface area contributed by atoms with E-state index in [2.05, 4.69) is 15.9 Å². The predicted octanol–water partition coefficient (Wildman–Crippen LogP) is 1.83. The zero-order chi connectivity index (χ0) is 7.78. The van der Waals surface area contributed by atoms with E-state index in [1.165, 1.54) is 0 Å². The second-order valence-electron chi connectivity index (χ2n) is 2.76. The zero-order valence-electron chi connectivity index (χ0n) is 5.76. The van der Waals surface area contributed by atoms with Crippen molar-refractivity contribution < 1.29 is 5.11 Å². The van der Waals surface area contributed by atoms with Crippen LogP contribution in [0.2, 0.25) is 0 Å². The van der Waals surface area contributed by atoms with Crippen LogP contribution in [0.4, 0.5) is 0 Å². The van der Waals surface area contributed by atoms with Gasteiger partial charge < -0.3 is 10.8 Å². The molecule has 2 nitrogen and oxygen atoms in total. The average Bonchev–Trinajstić information content (AvgIpc) is 1.78. The Labute approximate surface area is 68.5 Å². The van der Waals surface area contributed by atoms with Gasteiger partial charge in [-0.15, -0.1) is 0 Å². The van der Waals surface area contributed by atoms with Crippen molar-refractivity contribution in [3.8, 4) is 0 Å². The minimum absolute atomic E-state index is 0.246. The highest BCUT2D eigenvalue weighted by atomic mass is 79.9. The molecule has 0 aliphatic heterocycles. The van der Waals surface area contributed by atoms with Gasteiger partial charge in [-0.1, -0.05) is 15.9 Å². The number of aliphatic hydroxyl groups excluding tert-OH is 1. The normalized spacial score (nSPS) is 33.1. The summed E-state index contributed by atoms with van der Waals surface area (Å²) in [6, 6.07) is 0. The Hall–Kier alpha value is -0.280. The van der Waals surface area contributed by atoms with Crippen LogP contribution >= 0.6 is 15.9 Å². The lowest BCUT2D eigenvalue weighted by atomic mass is 9.93. The van der Waals surface area contributed by atoms with Gasteiger partial charge in [0.2, 0.25) is 0 Å². The van der Waals surface area contributed by atoms with Crippen LogP contribution < -0.4 is 5.73 Å². The predicted molar refractivity (Wildman–Crippen MR) is 44.9 cm³/mol. The van der Waals surface area contributed by atoms with Gasteiger partial charge in [-0.3, -0.25) is 0 Å². The minimum atomic E-state index is -0.590. The molecule has 0 heterocycles. The van der Waals surface area contributed by atoms with Gasteiger partial charge in [-0.25, -0.2) is 0 Å². The van der Waals surface area contributed by atoms with Gasteiger partial charge in [0.05, 0.1) is 5.54 Å². The summed E-state index contributed by atoms with van der Waals surface area (Å²) < 4.78 is 1.02. The number of rotatable bonds is 0. The number of hydrogen-bond acceptors (Lipinski definition) is 2. The van der Waals surface area contributed by atoms with Crippen molar-refractivity contribution in [3.63, 3.8) is 0 Å². The maximum Gasteiger partial charge on any atom is 0.112 e. The number of aliphatic hydroxyl groups is 1. The lowest BCUT2D eigenvalue weighted by Gasteiger charge is -2.25. The van der Waals surface area contributed by atoms with Crippen molar-refractivity contribution in [2.45, 2.75) is 18.9 Å². The molecule has 1 unspecified atom stereocenters. The molecule has 1 aliphatic carbocycles. The lowest BCUT2D eigenvalue weighted by Crippen LogP contribution is -2.39.